The van der Waals surface area contributed by atoms with Crippen LogP contribution < -0.4 is 10.6 Å². The van der Waals surface area contributed by atoms with E-state index in [0.29, 0.717) is 10.1 Å². The minimum absolute atomic E-state index is 0.0122. The summed E-state index contributed by atoms with van der Waals surface area (Å²) in [6.45, 7) is 3.96. The van der Waals surface area contributed by atoms with E-state index in [1.54, 1.807) is 0 Å². The molecule has 1 atom stereocenters. The summed E-state index contributed by atoms with van der Waals surface area (Å²) in [5.41, 5.74) is 2.87. The van der Waals surface area contributed by atoms with Gasteiger partial charge in [-0.15, -0.1) is 0 Å². The topological polar surface area (TPSA) is 24.1 Å². The van der Waals surface area contributed by atoms with E-state index in [-0.39, 0.29) is 6.04 Å². The average Bonchev–Trinajstić information content (AvgIpc) is 2.44. The lowest BCUT2D eigenvalue weighted by molar-refractivity contribution is 0.723. The molecule has 0 radical (unpaired) electrons. The minimum Gasteiger partial charge on any atom is -0.356 e. The van der Waals surface area contributed by atoms with Gasteiger partial charge in [-0.3, -0.25) is 0 Å². The van der Waals surface area contributed by atoms with Crippen molar-refractivity contribution in [2.45, 2.75) is 19.9 Å². The van der Waals surface area contributed by atoms with Crippen LogP contribution in [0.3, 0.4) is 0 Å². The number of anilines is 1. The van der Waals surface area contributed by atoms with Gasteiger partial charge in [-0.1, -0.05) is 47.5 Å². The van der Waals surface area contributed by atoms with Crippen LogP contribution in [-0.2, 0) is 0 Å². The molecule has 0 aliphatic heterocycles. The Morgan fingerprint density at radius 1 is 1.05 bits per heavy atom. The highest BCUT2D eigenvalue weighted by Crippen LogP contribution is 2.24. The summed E-state index contributed by atoms with van der Waals surface area (Å²) in [6, 6.07) is 13.4. The van der Waals surface area contributed by atoms with Gasteiger partial charge in [-0.25, -0.2) is 0 Å². The van der Waals surface area contributed by atoms with Crippen LogP contribution >= 0.6 is 35.4 Å². The molecule has 0 amide bonds. The molecule has 0 aromatic heterocycles. The number of nitrogens with one attached hydrogen (secondary N) is 2. The molecule has 0 unspecified atom stereocenters. The van der Waals surface area contributed by atoms with E-state index < -0.39 is 0 Å². The fraction of sp³-hybridized carbons (Fsp3) is 0.188. The van der Waals surface area contributed by atoms with Crippen LogP contribution in [0.1, 0.15) is 24.1 Å². The molecule has 2 aromatic rings. The van der Waals surface area contributed by atoms with E-state index >= 15 is 0 Å². The van der Waals surface area contributed by atoms with Crippen LogP contribution in [0.2, 0.25) is 10.0 Å². The zero-order chi connectivity index (χ0) is 15.4. The standard InChI is InChI=1S/C16H16Cl2N2S/c1-10-13(17)8-5-9-15(10)20-16(21)19-11(2)12-6-3-4-7-14(12)18/h3-9,11H,1-2H3,(H2,19,20,21)/t11-/m0/s1. The molecule has 0 spiro atoms. The van der Waals surface area contributed by atoms with Crippen molar-refractivity contribution in [3.8, 4) is 0 Å². The van der Waals surface area contributed by atoms with E-state index in [2.05, 4.69) is 10.6 Å². The first-order valence-electron chi connectivity index (χ1n) is 6.56. The first kappa shape index (κ1) is 16.1. The fourth-order valence-electron chi connectivity index (χ4n) is 2.00. The van der Waals surface area contributed by atoms with Gasteiger partial charge in [0.05, 0.1) is 6.04 Å². The van der Waals surface area contributed by atoms with E-state index in [4.69, 9.17) is 35.4 Å². The molecule has 0 heterocycles. The zero-order valence-corrected chi connectivity index (χ0v) is 14.1. The van der Waals surface area contributed by atoms with Gasteiger partial charge in [0.2, 0.25) is 0 Å². The molecular weight excluding hydrogens is 323 g/mol. The molecule has 0 aliphatic rings. The van der Waals surface area contributed by atoms with Gasteiger partial charge in [0, 0.05) is 15.7 Å². The Bertz CT molecular complexity index is 658. The molecule has 0 saturated carbocycles. The Kier molecular flexibility index (Phi) is 5.45. The Hall–Kier alpha value is -1.29. The lowest BCUT2D eigenvalue weighted by Gasteiger charge is -2.19. The Balaban J connectivity index is 2.05. The summed E-state index contributed by atoms with van der Waals surface area (Å²) in [5.74, 6) is 0. The third-order valence-corrected chi connectivity index (χ3v) is 4.21. The first-order chi connectivity index (χ1) is 9.99. The number of thiocarbonyl (C=S) groups is 1. The maximum atomic E-state index is 6.19. The molecular formula is C16H16Cl2N2S. The summed E-state index contributed by atoms with van der Waals surface area (Å²) < 4.78 is 0. The summed E-state index contributed by atoms with van der Waals surface area (Å²) >= 11 is 17.6. The molecule has 0 fully saturated rings. The van der Waals surface area contributed by atoms with Gasteiger partial charge in [0.15, 0.2) is 5.11 Å². The van der Waals surface area contributed by atoms with E-state index in [0.717, 1.165) is 21.8 Å². The second-order valence-electron chi connectivity index (χ2n) is 4.75. The van der Waals surface area contributed by atoms with Crippen molar-refractivity contribution in [3.05, 3.63) is 63.6 Å². The second kappa shape index (κ2) is 7.12. The lowest BCUT2D eigenvalue weighted by Crippen LogP contribution is -2.31. The van der Waals surface area contributed by atoms with Crippen molar-refractivity contribution >= 4 is 46.2 Å². The maximum absolute atomic E-state index is 6.19. The van der Waals surface area contributed by atoms with Crippen molar-refractivity contribution < 1.29 is 0 Å². The van der Waals surface area contributed by atoms with Crippen LogP contribution in [0.15, 0.2) is 42.5 Å². The molecule has 0 saturated heterocycles. The summed E-state index contributed by atoms with van der Waals surface area (Å²) in [4.78, 5) is 0. The number of halogens is 2. The smallest absolute Gasteiger partial charge is 0.171 e. The van der Waals surface area contributed by atoms with Crippen LogP contribution in [0.5, 0.6) is 0 Å². The SMILES string of the molecule is Cc1c(Cl)cccc1NC(=S)N[C@@H](C)c1ccccc1Cl. The van der Waals surface area contributed by atoms with Gasteiger partial charge >= 0.3 is 0 Å². The predicted molar refractivity (Wildman–Crippen MR) is 95.4 cm³/mol. The maximum Gasteiger partial charge on any atom is 0.171 e. The summed E-state index contributed by atoms with van der Waals surface area (Å²) in [6.07, 6.45) is 0. The Morgan fingerprint density at radius 2 is 1.71 bits per heavy atom. The highest BCUT2D eigenvalue weighted by Gasteiger charge is 2.11. The molecule has 2 rings (SSSR count). The number of hydrogen-bond acceptors (Lipinski definition) is 1. The molecule has 110 valence electrons. The molecule has 0 bridgehead atoms. The van der Waals surface area contributed by atoms with Crippen LogP contribution in [0, 0.1) is 6.92 Å². The van der Waals surface area contributed by atoms with Crippen molar-refractivity contribution in [3.63, 3.8) is 0 Å². The van der Waals surface area contributed by atoms with Gasteiger partial charge in [-0.2, -0.15) is 0 Å². The van der Waals surface area contributed by atoms with Crippen molar-refractivity contribution in [2.75, 3.05) is 5.32 Å². The third kappa shape index (κ3) is 4.10. The Labute approximate surface area is 140 Å². The van der Waals surface area contributed by atoms with Gasteiger partial charge in [0.1, 0.15) is 0 Å². The highest BCUT2D eigenvalue weighted by molar-refractivity contribution is 7.80. The predicted octanol–water partition coefficient (Wildman–Crippen LogP) is 5.35. The fourth-order valence-corrected chi connectivity index (χ4v) is 2.76. The highest BCUT2D eigenvalue weighted by atomic mass is 35.5. The van der Waals surface area contributed by atoms with Crippen LogP contribution in [-0.4, -0.2) is 5.11 Å². The molecule has 2 N–H and O–H groups in total. The normalized spacial score (nSPS) is 11.8. The second-order valence-corrected chi connectivity index (χ2v) is 5.98. The molecule has 5 heteroatoms. The summed E-state index contributed by atoms with van der Waals surface area (Å²) in [5, 5.41) is 8.36. The van der Waals surface area contributed by atoms with Crippen molar-refractivity contribution in [1.82, 2.24) is 5.32 Å². The number of rotatable bonds is 3. The molecule has 21 heavy (non-hydrogen) atoms. The lowest BCUT2D eigenvalue weighted by atomic mass is 10.1. The Morgan fingerprint density at radius 3 is 2.43 bits per heavy atom. The molecule has 0 aliphatic carbocycles. The first-order valence-corrected chi connectivity index (χ1v) is 7.72. The summed E-state index contributed by atoms with van der Waals surface area (Å²) in [7, 11) is 0. The van der Waals surface area contributed by atoms with Crippen LogP contribution in [0.4, 0.5) is 5.69 Å². The van der Waals surface area contributed by atoms with Crippen molar-refractivity contribution in [1.29, 1.82) is 0 Å². The zero-order valence-electron chi connectivity index (χ0n) is 11.8. The number of benzene rings is 2. The van der Waals surface area contributed by atoms with Gasteiger partial charge < -0.3 is 10.6 Å². The number of hydrogen-bond donors (Lipinski definition) is 2. The van der Waals surface area contributed by atoms with E-state index in [1.165, 1.54) is 0 Å². The monoisotopic (exact) mass is 338 g/mol. The van der Waals surface area contributed by atoms with Crippen LogP contribution in [0.25, 0.3) is 0 Å². The van der Waals surface area contributed by atoms with Gasteiger partial charge in [-0.05, 0) is 55.4 Å². The third-order valence-electron chi connectivity index (χ3n) is 3.24. The van der Waals surface area contributed by atoms with Gasteiger partial charge in [0.25, 0.3) is 0 Å². The van der Waals surface area contributed by atoms with E-state index in [9.17, 15) is 0 Å². The quantitative estimate of drug-likeness (QED) is 0.737. The largest absolute Gasteiger partial charge is 0.356 e. The van der Waals surface area contributed by atoms with E-state index in [1.807, 2.05) is 56.3 Å². The average molecular weight is 339 g/mol. The van der Waals surface area contributed by atoms with Crippen molar-refractivity contribution in [2.24, 2.45) is 0 Å². The molecule has 2 nitrogen and oxygen atoms in total. The molecule has 2 aromatic carbocycles. The minimum atomic E-state index is 0.0122.